The highest BCUT2D eigenvalue weighted by Crippen LogP contribution is 2.25. The molecule has 2 nitrogen and oxygen atoms in total. The summed E-state index contributed by atoms with van der Waals surface area (Å²) in [4.78, 5) is 5.38. The highest BCUT2D eigenvalue weighted by atomic mass is 15.2. The van der Waals surface area contributed by atoms with Crippen molar-refractivity contribution in [3.63, 3.8) is 0 Å². The fourth-order valence-corrected chi connectivity index (χ4v) is 3.81. The smallest absolute Gasteiger partial charge is 0.0239 e. The third-order valence-corrected chi connectivity index (χ3v) is 4.86. The van der Waals surface area contributed by atoms with Crippen molar-refractivity contribution in [1.29, 1.82) is 0 Å². The van der Waals surface area contributed by atoms with Crippen LogP contribution in [0.15, 0.2) is 24.3 Å². The molecule has 1 fully saturated rings. The number of likely N-dealkylation sites (tertiary alicyclic amines) is 1. The van der Waals surface area contributed by atoms with E-state index in [1.807, 2.05) is 0 Å². The minimum absolute atomic E-state index is 0.799. The molecule has 2 aliphatic rings. The predicted molar refractivity (Wildman–Crippen MR) is 84.9 cm³/mol. The summed E-state index contributed by atoms with van der Waals surface area (Å²) in [6.45, 7) is 10.9. The van der Waals surface area contributed by atoms with Crippen molar-refractivity contribution >= 4 is 0 Å². The van der Waals surface area contributed by atoms with Gasteiger partial charge < -0.3 is 4.90 Å². The Bertz CT molecular complexity index is 433. The fraction of sp³-hybridized carbons (Fsp3) is 0.667. The van der Waals surface area contributed by atoms with E-state index in [0.29, 0.717) is 0 Å². The van der Waals surface area contributed by atoms with E-state index in [4.69, 9.17) is 0 Å². The summed E-state index contributed by atoms with van der Waals surface area (Å²) >= 11 is 0. The molecule has 0 bridgehead atoms. The number of hydrogen-bond acceptors (Lipinski definition) is 2. The van der Waals surface area contributed by atoms with E-state index in [2.05, 4.69) is 47.9 Å². The Kier molecular flexibility index (Phi) is 4.42. The Morgan fingerprint density at radius 3 is 2.45 bits per heavy atom. The third kappa shape index (κ3) is 3.24. The van der Waals surface area contributed by atoms with Crippen LogP contribution in [0.4, 0.5) is 0 Å². The molecular weight excluding hydrogens is 244 g/mol. The predicted octanol–water partition coefficient (Wildman–Crippen LogP) is 3.17. The van der Waals surface area contributed by atoms with Crippen molar-refractivity contribution in [1.82, 2.24) is 9.80 Å². The maximum atomic E-state index is 2.73. The minimum Gasteiger partial charge on any atom is -0.303 e. The average molecular weight is 272 g/mol. The molecule has 0 aromatic heterocycles. The van der Waals surface area contributed by atoms with Gasteiger partial charge >= 0.3 is 0 Å². The highest BCUT2D eigenvalue weighted by molar-refractivity contribution is 5.29. The SMILES string of the molecule is CC(C)CN1CCC(N2CCc3ccccc3C2)CC1. The van der Waals surface area contributed by atoms with E-state index in [0.717, 1.165) is 12.0 Å². The molecule has 0 amide bonds. The van der Waals surface area contributed by atoms with Gasteiger partial charge in [0.05, 0.1) is 0 Å². The van der Waals surface area contributed by atoms with Gasteiger partial charge in [0.15, 0.2) is 0 Å². The molecule has 20 heavy (non-hydrogen) atoms. The number of rotatable bonds is 3. The lowest BCUT2D eigenvalue weighted by Gasteiger charge is -2.41. The first-order valence-corrected chi connectivity index (χ1v) is 8.25. The van der Waals surface area contributed by atoms with Crippen LogP contribution in [-0.2, 0) is 13.0 Å². The van der Waals surface area contributed by atoms with Crippen molar-refractivity contribution in [2.75, 3.05) is 26.2 Å². The molecule has 1 aromatic rings. The Morgan fingerprint density at radius 1 is 1.05 bits per heavy atom. The summed E-state index contributed by atoms with van der Waals surface area (Å²) in [5, 5.41) is 0. The maximum absolute atomic E-state index is 2.73. The molecule has 1 saturated heterocycles. The second-order valence-corrected chi connectivity index (χ2v) is 6.91. The first kappa shape index (κ1) is 14.1. The van der Waals surface area contributed by atoms with Crippen LogP contribution < -0.4 is 0 Å². The van der Waals surface area contributed by atoms with Crippen molar-refractivity contribution in [3.8, 4) is 0 Å². The average Bonchev–Trinajstić information content (AvgIpc) is 2.47. The molecule has 1 aromatic carbocycles. The molecule has 0 atom stereocenters. The van der Waals surface area contributed by atoms with Crippen LogP contribution >= 0.6 is 0 Å². The summed E-state index contributed by atoms with van der Waals surface area (Å²) in [7, 11) is 0. The Morgan fingerprint density at radius 2 is 1.75 bits per heavy atom. The van der Waals surface area contributed by atoms with Gasteiger partial charge in [0.1, 0.15) is 0 Å². The molecule has 0 unspecified atom stereocenters. The van der Waals surface area contributed by atoms with Gasteiger partial charge in [0.25, 0.3) is 0 Å². The standard InChI is InChI=1S/C18H28N2/c1-15(2)13-19-10-8-18(9-11-19)20-12-7-16-5-3-4-6-17(16)14-20/h3-6,15,18H,7-14H2,1-2H3. The Hall–Kier alpha value is -0.860. The van der Waals surface area contributed by atoms with Gasteiger partial charge in [-0.3, -0.25) is 4.90 Å². The Balaban J connectivity index is 1.55. The van der Waals surface area contributed by atoms with Gasteiger partial charge in [0, 0.05) is 25.7 Å². The van der Waals surface area contributed by atoms with Crippen LogP contribution in [0.2, 0.25) is 0 Å². The lowest BCUT2D eigenvalue weighted by Crippen LogP contribution is -2.47. The summed E-state index contributed by atoms with van der Waals surface area (Å²) in [5.74, 6) is 0.799. The Labute approximate surface area is 123 Å². The quantitative estimate of drug-likeness (QED) is 0.834. The van der Waals surface area contributed by atoms with Gasteiger partial charge in [-0.1, -0.05) is 38.1 Å². The van der Waals surface area contributed by atoms with E-state index < -0.39 is 0 Å². The van der Waals surface area contributed by atoms with Crippen molar-refractivity contribution in [2.45, 2.75) is 45.7 Å². The molecule has 0 spiro atoms. The monoisotopic (exact) mass is 272 g/mol. The summed E-state index contributed by atoms with van der Waals surface area (Å²) in [6, 6.07) is 9.80. The van der Waals surface area contributed by atoms with Crippen LogP contribution in [0, 0.1) is 5.92 Å². The third-order valence-electron chi connectivity index (χ3n) is 4.86. The molecule has 2 heteroatoms. The second-order valence-electron chi connectivity index (χ2n) is 6.91. The molecule has 2 aliphatic heterocycles. The fourth-order valence-electron chi connectivity index (χ4n) is 3.81. The van der Waals surface area contributed by atoms with Crippen molar-refractivity contribution in [3.05, 3.63) is 35.4 Å². The minimum atomic E-state index is 0.799. The molecule has 3 rings (SSSR count). The van der Waals surface area contributed by atoms with Gasteiger partial charge in [-0.25, -0.2) is 0 Å². The van der Waals surface area contributed by atoms with E-state index in [9.17, 15) is 0 Å². The van der Waals surface area contributed by atoms with Crippen LogP contribution in [0.1, 0.15) is 37.8 Å². The lowest BCUT2D eigenvalue weighted by molar-refractivity contribution is 0.0926. The van der Waals surface area contributed by atoms with E-state index in [-0.39, 0.29) is 0 Å². The molecule has 0 N–H and O–H groups in total. The zero-order chi connectivity index (χ0) is 13.9. The van der Waals surface area contributed by atoms with Gasteiger partial charge in [-0.15, -0.1) is 0 Å². The van der Waals surface area contributed by atoms with Gasteiger partial charge in [0.2, 0.25) is 0 Å². The lowest BCUT2D eigenvalue weighted by atomic mass is 9.95. The van der Waals surface area contributed by atoms with Crippen LogP contribution in [0.25, 0.3) is 0 Å². The first-order chi connectivity index (χ1) is 9.72. The van der Waals surface area contributed by atoms with E-state index >= 15 is 0 Å². The van der Waals surface area contributed by atoms with Gasteiger partial charge in [-0.2, -0.15) is 0 Å². The molecule has 0 saturated carbocycles. The van der Waals surface area contributed by atoms with Crippen molar-refractivity contribution in [2.24, 2.45) is 5.92 Å². The molecule has 0 radical (unpaired) electrons. The molecule has 0 aliphatic carbocycles. The molecule has 2 heterocycles. The zero-order valence-corrected chi connectivity index (χ0v) is 13.0. The largest absolute Gasteiger partial charge is 0.303 e. The number of nitrogens with zero attached hydrogens (tertiary/aromatic N) is 2. The molecular formula is C18H28N2. The van der Waals surface area contributed by atoms with Crippen LogP contribution in [-0.4, -0.2) is 42.0 Å². The summed E-state index contributed by atoms with van der Waals surface area (Å²) in [6.07, 6.45) is 3.95. The topological polar surface area (TPSA) is 6.48 Å². The maximum Gasteiger partial charge on any atom is 0.0239 e. The van der Waals surface area contributed by atoms with E-state index in [1.54, 1.807) is 11.1 Å². The summed E-state index contributed by atoms with van der Waals surface area (Å²) < 4.78 is 0. The molecule has 110 valence electrons. The second kappa shape index (κ2) is 6.28. The summed E-state index contributed by atoms with van der Waals surface area (Å²) in [5.41, 5.74) is 3.13. The van der Waals surface area contributed by atoms with E-state index in [1.165, 1.54) is 52.0 Å². The van der Waals surface area contributed by atoms with Crippen LogP contribution in [0.5, 0.6) is 0 Å². The number of piperidine rings is 1. The van der Waals surface area contributed by atoms with Crippen LogP contribution in [0.3, 0.4) is 0 Å². The number of hydrogen-bond donors (Lipinski definition) is 0. The zero-order valence-electron chi connectivity index (χ0n) is 13.0. The normalized spacial score (nSPS) is 22.1. The van der Waals surface area contributed by atoms with Crippen molar-refractivity contribution < 1.29 is 0 Å². The highest BCUT2D eigenvalue weighted by Gasteiger charge is 2.27. The number of benzene rings is 1. The van der Waals surface area contributed by atoms with Gasteiger partial charge in [-0.05, 0) is 49.4 Å². The number of fused-ring (bicyclic) bond motifs is 1. The first-order valence-electron chi connectivity index (χ1n) is 8.25.